The van der Waals surface area contributed by atoms with Gasteiger partial charge in [-0.15, -0.1) is 0 Å². The molecule has 3 nitrogen and oxygen atoms in total. The van der Waals surface area contributed by atoms with Crippen molar-refractivity contribution in [3.05, 3.63) is 35.4 Å². The first-order valence-electron chi connectivity index (χ1n) is 5.20. The molecular weight excluding hydrogens is 190 g/mol. The van der Waals surface area contributed by atoms with Crippen LogP contribution in [0.15, 0.2) is 24.3 Å². The van der Waals surface area contributed by atoms with Crippen LogP contribution in [-0.2, 0) is 4.74 Å². The van der Waals surface area contributed by atoms with Gasteiger partial charge in [-0.3, -0.25) is 0 Å². The summed E-state index contributed by atoms with van der Waals surface area (Å²) >= 11 is 0. The molecular formula is C12H15NO2. The molecule has 0 spiro atoms. The van der Waals surface area contributed by atoms with Crippen LogP contribution < -0.4 is 5.32 Å². The number of hydrogen-bond donors (Lipinski definition) is 1. The average molecular weight is 205 g/mol. The van der Waals surface area contributed by atoms with Crippen LogP contribution in [0.3, 0.4) is 0 Å². The third-order valence-corrected chi connectivity index (χ3v) is 2.65. The normalized spacial score (nSPS) is 20.2. The molecule has 1 heterocycles. The minimum absolute atomic E-state index is 0.0104. The molecule has 2 rings (SSSR count). The first-order valence-corrected chi connectivity index (χ1v) is 5.20. The Morgan fingerprint density at radius 1 is 1.47 bits per heavy atom. The molecule has 0 radical (unpaired) electrons. The second kappa shape index (κ2) is 3.93. The summed E-state index contributed by atoms with van der Waals surface area (Å²) in [5.41, 5.74) is 2.40. The van der Waals surface area contributed by atoms with E-state index in [-0.39, 0.29) is 12.1 Å². The number of ether oxygens (including phenoxy) is 1. The molecule has 0 bridgehead atoms. The van der Waals surface area contributed by atoms with Gasteiger partial charge in [-0.2, -0.15) is 0 Å². The summed E-state index contributed by atoms with van der Waals surface area (Å²) in [4.78, 5) is 10.9. The lowest BCUT2D eigenvalue weighted by molar-refractivity contribution is 0.177. The van der Waals surface area contributed by atoms with Crippen LogP contribution in [0.5, 0.6) is 0 Å². The van der Waals surface area contributed by atoms with Gasteiger partial charge in [-0.1, -0.05) is 38.1 Å². The summed E-state index contributed by atoms with van der Waals surface area (Å²) in [7, 11) is 0. The van der Waals surface area contributed by atoms with Gasteiger partial charge < -0.3 is 10.1 Å². The van der Waals surface area contributed by atoms with Crippen LogP contribution in [0.2, 0.25) is 0 Å². The summed E-state index contributed by atoms with van der Waals surface area (Å²) in [6.07, 6.45) is -0.324. The Labute approximate surface area is 89.4 Å². The molecule has 1 saturated heterocycles. The maximum absolute atomic E-state index is 10.9. The minimum Gasteiger partial charge on any atom is -0.447 e. The topological polar surface area (TPSA) is 38.3 Å². The summed E-state index contributed by atoms with van der Waals surface area (Å²) in [6.45, 7) is 4.74. The third kappa shape index (κ3) is 2.12. The number of alkyl carbamates (subject to hydrolysis) is 1. The van der Waals surface area contributed by atoms with E-state index in [1.165, 1.54) is 5.56 Å². The van der Waals surface area contributed by atoms with E-state index in [2.05, 4.69) is 31.3 Å². The molecule has 0 aromatic heterocycles. The van der Waals surface area contributed by atoms with Gasteiger partial charge in [0.2, 0.25) is 0 Å². The van der Waals surface area contributed by atoms with E-state index in [9.17, 15) is 4.79 Å². The van der Waals surface area contributed by atoms with Crippen molar-refractivity contribution in [2.24, 2.45) is 0 Å². The van der Waals surface area contributed by atoms with Crippen molar-refractivity contribution in [3.63, 3.8) is 0 Å². The number of carbonyl (C=O) groups excluding carboxylic acids is 1. The van der Waals surface area contributed by atoms with E-state index in [1.807, 2.05) is 12.1 Å². The van der Waals surface area contributed by atoms with Crippen LogP contribution in [0.4, 0.5) is 4.79 Å². The Balaban J connectivity index is 2.21. The number of cyclic esters (lactones) is 1. The lowest BCUT2D eigenvalue weighted by Gasteiger charge is -2.11. The van der Waals surface area contributed by atoms with Crippen molar-refractivity contribution in [1.82, 2.24) is 5.32 Å². The standard InChI is InChI=1S/C12H15NO2/c1-8(2)9-4-3-5-10(6-9)11-7-15-12(14)13-11/h3-6,8,11H,7H2,1-2H3,(H,13,14)/t11-/m1/s1. The summed E-state index contributed by atoms with van der Waals surface area (Å²) < 4.78 is 4.87. The quantitative estimate of drug-likeness (QED) is 0.805. The van der Waals surface area contributed by atoms with Crippen molar-refractivity contribution in [2.75, 3.05) is 6.61 Å². The smallest absolute Gasteiger partial charge is 0.407 e. The highest BCUT2D eigenvalue weighted by Crippen LogP contribution is 2.22. The fourth-order valence-electron chi connectivity index (χ4n) is 1.70. The molecule has 1 aromatic rings. The first-order chi connectivity index (χ1) is 7.16. The highest BCUT2D eigenvalue weighted by atomic mass is 16.6. The van der Waals surface area contributed by atoms with Crippen molar-refractivity contribution in [2.45, 2.75) is 25.8 Å². The van der Waals surface area contributed by atoms with E-state index in [0.717, 1.165) is 5.56 Å². The molecule has 0 unspecified atom stereocenters. The zero-order chi connectivity index (χ0) is 10.8. The van der Waals surface area contributed by atoms with Crippen LogP contribution in [0.25, 0.3) is 0 Å². The molecule has 1 atom stereocenters. The van der Waals surface area contributed by atoms with Gasteiger partial charge in [0, 0.05) is 0 Å². The van der Waals surface area contributed by atoms with Crippen molar-refractivity contribution in [1.29, 1.82) is 0 Å². The van der Waals surface area contributed by atoms with E-state index in [1.54, 1.807) is 0 Å². The molecule has 1 fully saturated rings. The molecule has 1 amide bonds. The summed E-state index contributed by atoms with van der Waals surface area (Å²) in [5, 5.41) is 2.78. The van der Waals surface area contributed by atoms with Crippen LogP contribution >= 0.6 is 0 Å². The predicted molar refractivity (Wildman–Crippen MR) is 57.8 cm³/mol. The number of hydrogen-bond acceptors (Lipinski definition) is 2. The molecule has 15 heavy (non-hydrogen) atoms. The molecule has 3 heteroatoms. The van der Waals surface area contributed by atoms with Crippen molar-refractivity contribution in [3.8, 4) is 0 Å². The maximum atomic E-state index is 10.9. The van der Waals surface area contributed by atoms with Crippen molar-refractivity contribution < 1.29 is 9.53 Å². The van der Waals surface area contributed by atoms with E-state index >= 15 is 0 Å². The van der Waals surface area contributed by atoms with Gasteiger partial charge in [-0.25, -0.2) is 4.79 Å². The van der Waals surface area contributed by atoms with Gasteiger partial charge in [0.1, 0.15) is 6.61 Å². The Morgan fingerprint density at radius 2 is 2.27 bits per heavy atom. The maximum Gasteiger partial charge on any atom is 0.407 e. The van der Waals surface area contributed by atoms with Crippen LogP contribution in [-0.4, -0.2) is 12.7 Å². The number of benzene rings is 1. The number of carbonyl (C=O) groups is 1. The predicted octanol–water partition coefficient (Wildman–Crippen LogP) is 2.59. The van der Waals surface area contributed by atoms with Gasteiger partial charge in [0.05, 0.1) is 6.04 Å². The SMILES string of the molecule is CC(C)c1cccc([C@H]2COC(=O)N2)c1. The monoisotopic (exact) mass is 205 g/mol. The van der Waals surface area contributed by atoms with Crippen molar-refractivity contribution >= 4 is 6.09 Å². The van der Waals surface area contributed by atoms with E-state index < -0.39 is 0 Å². The highest BCUT2D eigenvalue weighted by molar-refractivity contribution is 5.70. The Hall–Kier alpha value is -1.51. The van der Waals surface area contributed by atoms with Crippen LogP contribution in [0, 0.1) is 0 Å². The van der Waals surface area contributed by atoms with Gasteiger partial charge in [0.15, 0.2) is 0 Å². The van der Waals surface area contributed by atoms with Gasteiger partial charge in [-0.05, 0) is 17.0 Å². The molecule has 1 aromatic carbocycles. The Kier molecular flexibility index (Phi) is 2.62. The number of amides is 1. The minimum atomic E-state index is -0.324. The number of rotatable bonds is 2. The lowest BCUT2D eigenvalue weighted by atomic mass is 9.98. The fourth-order valence-corrected chi connectivity index (χ4v) is 1.70. The molecule has 0 aliphatic carbocycles. The number of nitrogens with one attached hydrogen (secondary N) is 1. The molecule has 1 aliphatic heterocycles. The van der Waals surface area contributed by atoms with Gasteiger partial charge in [0.25, 0.3) is 0 Å². The fraction of sp³-hybridized carbons (Fsp3) is 0.417. The zero-order valence-electron chi connectivity index (χ0n) is 8.99. The zero-order valence-corrected chi connectivity index (χ0v) is 8.99. The Bertz CT molecular complexity index is 374. The second-order valence-electron chi connectivity index (χ2n) is 4.12. The molecule has 80 valence electrons. The first kappa shape index (κ1) is 10.0. The van der Waals surface area contributed by atoms with Crippen LogP contribution in [0.1, 0.15) is 36.9 Å². The molecule has 0 saturated carbocycles. The summed E-state index contributed by atoms with van der Waals surface area (Å²) in [6, 6.07) is 8.28. The molecule has 1 aliphatic rings. The van der Waals surface area contributed by atoms with E-state index in [4.69, 9.17) is 4.74 Å². The highest BCUT2D eigenvalue weighted by Gasteiger charge is 2.23. The van der Waals surface area contributed by atoms with Gasteiger partial charge >= 0.3 is 6.09 Å². The summed E-state index contributed by atoms with van der Waals surface area (Å²) in [5.74, 6) is 0.503. The largest absolute Gasteiger partial charge is 0.447 e. The second-order valence-corrected chi connectivity index (χ2v) is 4.12. The third-order valence-electron chi connectivity index (χ3n) is 2.65. The Morgan fingerprint density at radius 3 is 2.87 bits per heavy atom. The van der Waals surface area contributed by atoms with E-state index in [0.29, 0.717) is 12.5 Å². The molecule has 1 N–H and O–H groups in total. The lowest BCUT2D eigenvalue weighted by Crippen LogP contribution is -2.18. The average Bonchev–Trinajstić information content (AvgIpc) is 2.65.